The van der Waals surface area contributed by atoms with Crippen LogP contribution < -0.4 is 4.74 Å². The van der Waals surface area contributed by atoms with E-state index in [1.807, 2.05) is 42.5 Å². The van der Waals surface area contributed by atoms with Crippen molar-refractivity contribution in [2.24, 2.45) is 11.1 Å². The molecule has 0 saturated carbocycles. The van der Waals surface area contributed by atoms with Gasteiger partial charge in [-0.1, -0.05) is 80.7 Å². The maximum absolute atomic E-state index is 13.8. The molecule has 5 rings (SSSR count). The molecule has 1 unspecified atom stereocenters. The van der Waals surface area contributed by atoms with Gasteiger partial charge in [0.25, 0.3) is 0 Å². The number of hydrogen-bond acceptors (Lipinski definition) is 5. The molecule has 1 atom stereocenters. The molecular weight excluding hydrogens is 612 g/mol. The average molecular weight is 649 g/mol. The van der Waals surface area contributed by atoms with E-state index < -0.39 is 24.9 Å². The Morgan fingerprint density at radius 2 is 1.68 bits per heavy atom. The number of halogens is 4. The van der Waals surface area contributed by atoms with E-state index in [0.717, 1.165) is 78.0 Å². The summed E-state index contributed by atoms with van der Waals surface area (Å²) in [4.78, 5) is 29.2. The topological polar surface area (TPSA) is 69.9 Å². The van der Waals surface area contributed by atoms with Gasteiger partial charge in [-0.15, -0.1) is 0 Å². The highest BCUT2D eigenvalue weighted by molar-refractivity contribution is 6.23. The fraction of sp³-hybridized carbons (Fsp3) is 0.324. The first-order valence-electron chi connectivity index (χ1n) is 15.7. The molecule has 246 valence electrons. The van der Waals surface area contributed by atoms with E-state index in [1.165, 1.54) is 18.2 Å². The Balaban J connectivity index is 1.74. The van der Waals surface area contributed by atoms with E-state index in [2.05, 4.69) is 23.6 Å². The normalized spacial score (nSPS) is 13.1. The lowest BCUT2D eigenvalue weighted by molar-refractivity contribution is -0.148. The number of fused-ring (bicyclic) bond motifs is 5. The molecule has 0 N–H and O–H groups in total. The van der Waals surface area contributed by atoms with Gasteiger partial charge < -0.3 is 14.1 Å². The molecule has 10 heteroatoms. The van der Waals surface area contributed by atoms with Crippen LogP contribution >= 0.6 is 0 Å². The van der Waals surface area contributed by atoms with Gasteiger partial charge in [0.05, 0.1) is 5.52 Å². The third-order valence-electron chi connectivity index (χ3n) is 8.43. The van der Waals surface area contributed by atoms with Gasteiger partial charge in [-0.2, -0.15) is 8.78 Å². The summed E-state index contributed by atoms with van der Waals surface area (Å²) in [5.41, 5.74) is 3.11. The first kappa shape index (κ1) is 33.6. The second-order valence-electron chi connectivity index (χ2n) is 11.7. The number of aldehydes is 1. The molecule has 0 aliphatic carbocycles. The molecule has 0 fully saturated rings. The van der Waals surface area contributed by atoms with Gasteiger partial charge in [-0.3, -0.25) is 4.79 Å². The van der Waals surface area contributed by atoms with Crippen molar-refractivity contribution < 1.29 is 36.7 Å². The van der Waals surface area contributed by atoms with Crippen LogP contribution in [0.5, 0.6) is 5.75 Å². The van der Waals surface area contributed by atoms with Crippen molar-refractivity contribution in [2.45, 2.75) is 65.3 Å². The Labute approximate surface area is 269 Å². The van der Waals surface area contributed by atoms with Crippen LogP contribution in [-0.2, 0) is 16.2 Å². The zero-order chi connectivity index (χ0) is 33.7. The van der Waals surface area contributed by atoms with Gasteiger partial charge in [0.1, 0.15) is 11.5 Å². The molecule has 4 aromatic carbocycles. The standard InChI is InChI=1S/C37H36F4N2O4/c1-4-6-11-24(5-2)20-43-32-17-16-25(18-30(32)31-19-26(21-44)27-12-7-8-13-28(27)35(31)43)34(42-47-23(3)45)29-14-9-10-15-33(29)46-22-37(40,41)36(38)39/h7-10,12-19,21,24,36H,4-6,11,20,22H2,1-3H3. The monoisotopic (exact) mass is 648 g/mol. The van der Waals surface area contributed by atoms with Gasteiger partial charge in [0.2, 0.25) is 0 Å². The van der Waals surface area contributed by atoms with Gasteiger partial charge in [-0.25, -0.2) is 13.6 Å². The number of unbranched alkanes of at least 4 members (excludes halogenated alkanes) is 1. The van der Waals surface area contributed by atoms with Crippen molar-refractivity contribution in [1.82, 2.24) is 4.57 Å². The van der Waals surface area contributed by atoms with Crippen LogP contribution in [0, 0.1) is 5.92 Å². The Morgan fingerprint density at radius 3 is 2.36 bits per heavy atom. The highest BCUT2D eigenvalue weighted by Crippen LogP contribution is 2.38. The minimum atomic E-state index is -4.38. The highest BCUT2D eigenvalue weighted by Gasteiger charge is 2.42. The molecule has 0 amide bonds. The van der Waals surface area contributed by atoms with Crippen molar-refractivity contribution in [2.75, 3.05) is 6.61 Å². The molecular formula is C37H36F4N2O4. The highest BCUT2D eigenvalue weighted by atomic mass is 19.3. The number of nitrogens with zero attached hydrogens (tertiary/aromatic N) is 2. The third-order valence-corrected chi connectivity index (χ3v) is 8.43. The molecule has 47 heavy (non-hydrogen) atoms. The lowest BCUT2D eigenvalue weighted by atomic mass is 9.97. The molecule has 0 saturated heterocycles. The number of rotatable bonds is 14. The Kier molecular flexibility index (Phi) is 10.3. The lowest BCUT2D eigenvalue weighted by Gasteiger charge is -2.19. The maximum atomic E-state index is 13.8. The number of alkyl halides is 4. The van der Waals surface area contributed by atoms with Crippen LogP contribution in [-0.4, -0.2) is 41.5 Å². The fourth-order valence-electron chi connectivity index (χ4n) is 5.99. The van der Waals surface area contributed by atoms with Crippen molar-refractivity contribution in [3.63, 3.8) is 0 Å². The van der Waals surface area contributed by atoms with Crippen molar-refractivity contribution in [1.29, 1.82) is 0 Å². The summed E-state index contributed by atoms with van der Waals surface area (Å²) in [7, 11) is 0. The van der Waals surface area contributed by atoms with Crippen LogP contribution in [0.3, 0.4) is 0 Å². The molecule has 1 aromatic heterocycles. The van der Waals surface area contributed by atoms with Gasteiger partial charge in [0, 0.05) is 51.8 Å². The Bertz CT molecular complexity index is 1950. The fourth-order valence-corrected chi connectivity index (χ4v) is 5.99. The van der Waals surface area contributed by atoms with Crippen LogP contribution in [0.1, 0.15) is 67.9 Å². The number of benzene rings is 4. The number of carbonyl (C=O) groups is 2. The predicted molar refractivity (Wildman–Crippen MR) is 176 cm³/mol. The second-order valence-corrected chi connectivity index (χ2v) is 11.7. The summed E-state index contributed by atoms with van der Waals surface area (Å²) in [5, 5.41) is 7.47. The predicted octanol–water partition coefficient (Wildman–Crippen LogP) is 9.57. The zero-order valence-electron chi connectivity index (χ0n) is 26.4. The molecule has 1 heterocycles. The molecule has 6 nitrogen and oxygen atoms in total. The first-order valence-corrected chi connectivity index (χ1v) is 15.7. The van der Waals surface area contributed by atoms with Crippen molar-refractivity contribution in [3.05, 3.63) is 89.5 Å². The van der Waals surface area contributed by atoms with Gasteiger partial charge >= 0.3 is 18.3 Å². The van der Waals surface area contributed by atoms with Crippen molar-refractivity contribution in [3.8, 4) is 5.75 Å². The third kappa shape index (κ3) is 7.01. The summed E-state index contributed by atoms with van der Waals surface area (Å²) < 4.78 is 61.0. The summed E-state index contributed by atoms with van der Waals surface area (Å²) >= 11 is 0. The molecule has 0 bridgehead atoms. The number of ether oxygens (including phenoxy) is 1. The van der Waals surface area contributed by atoms with E-state index in [9.17, 15) is 27.2 Å². The molecule has 5 aromatic rings. The lowest BCUT2D eigenvalue weighted by Crippen LogP contribution is -2.34. The largest absolute Gasteiger partial charge is 0.486 e. The molecule has 0 spiro atoms. The van der Waals surface area contributed by atoms with Gasteiger partial charge in [0.15, 0.2) is 12.9 Å². The van der Waals surface area contributed by atoms with Gasteiger partial charge in [-0.05, 0) is 48.1 Å². The quantitative estimate of drug-likeness (QED) is 0.0395. The Morgan fingerprint density at radius 1 is 0.957 bits per heavy atom. The van der Waals surface area contributed by atoms with Crippen LogP contribution in [0.15, 0.2) is 78.0 Å². The van der Waals surface area contributed by atoms with E-state index in [0.29, 0.717) is 17.0 Å². The second kappa shape index (κ2) is 14.4. The van der Waals surface area contributed by atoms with Crippen LogP contribution in [0.4, 0.5) is 17.6 Å². The average Bonchev–Trinajstić information content (AvgIpc) is 3.38. The molecule has 0 aliphatic rings. The SMILES string of the molecule is CCCCC(CC)Cn1c2ccc(C(=NOC(C)=O)c3ccccc3OCC(F)(F)C(F)F)cc2c2cc(C=O)c3ccccc3c21. The number of aromatic nitrogens is 1. The summed E-state index contributed by atoms with van der Waals surface area (Å²) in [5.74, 6) is -4.83. The van der Waals surface area contributed by atoms with Crippen LogP contribution in [0.25, 0.3) is 32.6 Å². The summed E-state index contributed by atoms with van der Waals surface area (Å²) in [6.07, 6.45) is 1.18. The van der Waals surface area contributed by atoms with E-state index in [4.69, 9.17) is 9.57 Å². The zero-order valence-corrected chi connectivity index (χ0v) is 26.4. The number of oxime groups is 1. The number of hydrogen-bond donors (Lipinski definition) is 0. The smallest absolute Gasteiger partial charge is 0.340 e. The van der Waals surface area contributed by atoms with E-state index in [1.54, 1.807) is 12.1 Å². The first-order chi connectivity index (χ1) is 22.6. The Hall–Kier alpha value is -4.73. The minimum absolute atomic E-state index is 0.0738. The van der Waals surface area contributed by atoms with E-state index in [-0.39, 0.29) is 17.0 Å². The number of para-hydroxylation sites is 1. The van der Waals surface area contributed by atoms with Crippen LogP contribution in [0.2, 0.25) is 0 Å². The summed E-state index contributed by atoms with van der Waals surface area (Å²) in [6, 6.07) is 21.2. The minimum Gasteiger partial charge on any atom is -0.486 e. The summed E-state index contributed by atoms with van der Waals surface area (Å²) in [6.45, 7) is 4.71. The maximum Gasteiger partial charge on any atom is 0.340 e. The van der Waals surface area contributed by atoms with E-state index >= 15 is 0 Å². The number of carbonyl (C=O) groups excluding carboxylic acids is 2. The van der Waals surface area contributed by atoms with Crippen molar-refractivity contribution >= 4 is 50.5 Å². The molecule has 0 aliphatic heterocycles. The molecule has 0 radical (unpaired) electrons.